The molecule has 4 aromatic rings. The number of pyridine rings is 1. The van der Waals surface area contributed by atoms with Gasteiger partial charge in [0, 0.05) is 28.6 Å². The van der Waals surface area contributed by atoms with Crippen molar-refractivity contribution >= 4 is 10.9 Å². The van der Waals surface area contributed by atoms with E-state index in [4.69, 9.17) is 10.3 Å². The van der Waals surface area contributed by atoms with Crippen molar-refractivity contribution in [1.82, 2.24) is 24.6 Å². The quantitative estimate of drug-likeness (QED) is 0.268. The fraction of sp³-hybridized carbons (Fsp3) is 0.261. The fourth-order valence-electron chi connectivity index (χ4n) is 4.24. The Balaban J connectivity index is 1.47. The molecular formula is C23H21FN8O2. The molecular weight excluding hydrogens is 439 g/mol. The Morgan fingerprint density at radius 1 is 1.24 bits per heavy atom. The van der Waals surface area contributed by atoms with Gasteiger partial charge in [-0.3, -0.25) is 9.78 Å². The Bertz CT molecular complexity index is 1450. The van der Waals surface area contributed by atoms with Crippen LogP contribution in [-0.2, 0) is 26.2 Å². The lowest BCUT2D eigenvalue weighted by Crippen LogP contribution is -2.20. The van der Waals surface area contributed by atoms with E-state index in [1.807, 2.05) is 22.8 Å². The highest BCUT2D eigenvalue weighted by Gasteiger charge is 2.19. The Hall–Kier alpha value is -4.21. The second-order valence-corrected chi connectivity index (χ2v) is 7.91. The summed E-state index contributed by atoms with van der Waals surface area (Å²) in [5.41, 5.74) is 12.8. The molecule has 5 rings (SSSR count). The molecule has 0 spiro atoms. The minimum absolute atomic E-state index is 0.0872. The van der Waals surface area contributed by atoms with Gasteiger partial charge in [0.1, 0.15) is 24.8 Å². The van der Waals surface area contributed by atoms with Crippen molar-refractivity contribution in [2.24, 2.45) is 5.11 Å². The normalized spacial score (nSPS) is 13.2. The van der Waals surface area contributed by atoms with E-state index in [2.05, 4.69) is 25.4 Å². The van der Waals surface area contributed by atoms with Crippen LogP contribution < -0.4 is 15.6 Å². The summed E-state index contributed by atoms with van der Waals surface area (Å²) < 4.78 is 21.9. The molecule has 1 aliphatic heterocycles. The summed E-state index contributed by atoms with van der Waals surface area (Å²) >= 11 is 0. The van der Waals surface area contributed by atoms with Gasteiger partial charge in [-0.1, -0.05) is 11.2 Å². The third-order valence-electron chi connectivity index (χ3n) is 5.80. The number of fused-ring (bicyclic) bond motifs is 3. The summed E-state index contributed by atoms with van der Waals surface area (Å²) in [6.45, 7) is 1.94. The summed E-state index contributed by atoms with van der Waals surface area (Å²) in [5, 5.41) is 12.5. The molecule has 1 N–H and O–H groups in total. The van der Waals surface area contributed by atoms with Crippen molar-refractivity contribution in [3.63, 3.8) is 0 Å². The van der Waals surface area contributed by atoms with Crippen molar-refractivity contribution in [3.8, 4) is 11.4 Å². The van der Waals surface area contributed by atoms with Crippen LogP contribution in [0.3, 0.4) is 0 Å². The highest BCUT2D eigenvalue weighted by atomic mass is 19.1. The van der Waals surface area contributed by atoms with Crippen molar-refractivity contribution in [2.45, 2.75) is 32.7 Å². The highest BCUT2D eigenvalue weighted by Crippen LogP contribution is 2.30. The minimum atomic E-state index is -0.428. The van der Waals surface area contributed by atoms with Gasteiger partial charge in [0.15, 0.2) is 0 Å². The van der Waals surface area contributed by atoms with Gasteiger partial charge in [-0.05, 0) is 54.7 Å². The molecule has 10 nitrogen and oxygen atoms in total. The van der Waals surface area contributed by atoms with E-state index in [0.717, 1.165) is 48.7 Å². The molecule has 0 radical (unpaired) electrons. The summed E-state index contributed by atoms with van der Waals surface area (Å²) in [6.07, 6.45) is 4.43. The molecule has 1 aliphatic rings. The molecule has 0 bridgehead atoms. The van der Waals surface area contributed by atoms with E-state index >= 15 is 0 Å². The molecule has 0 saturated carbocycles. The second kappa shape index (κ2) is 9.34. The van der Waals surface area contributed by atoms with E-state index in [-0.39, 0.29) is 24.6 Å². The second-order valence-electron chi connectivity index (χ2n) is 7.91. The molecule has 0 aliphatic carbocycles. The Morgan fingerprint density at radius 3 is 2.94 bits per heavy atom. The van der Waals surface area contributed by atoms with Gasteiger partial charge < -0.3 is 14.6 Å². The molecule has 0 fully saturated rings. The molecule has 34 heavy (non-hydrogen) atoms. The molecule has 1 aromatic carbocycles. The van der Waals surface area contributed by atoms with E-state index in [9.17, 15) is 9.18 Å². The van der Waals surface area contributed by atoms with E-state index in [0.29, 0.717) is 11.4 Å². The predicted octanol–water partition coefficient (Wildman–Crippen LogP) is 3.60. The number of halogens is 1. The Labute approximate surface area is 193 Å². The van der Waals surface area contributed by atoms with Crippen molar-refractivity contribution < 1.29 is 9.13 Å². The number of ether oxygens (including phenoxy) is 1. The average Bonchev–Trinajstić information content (AvgIpc) is 2.98. The number of benzene rings is 1. The minimum Gasteiger partial charge on any atom is -0.485 e. The van der Waals surface area contributed by atoms with Crippen molar-refractivity contribution in [3.05, 3.63) is 92.4 Å². The number of nitrogens with zero attached hydrogens (tertiary/aromatic N) is 7. The molecule has 3 aromatic heterocycles. The van der Waals surface area contributed by atoms with Gasteiger partial charge in [0.05, 0.1) is 29.3 Å². The first kappa shape index (κ1) is 21.6. The number of hydrogen-bond acceptors (Lipinski definition) is 6. The SMILES string of the molecule is [N-]=[N+]=NCn1c2c(c3ccc(-n4ncc(OCc5ccc(F)cn5)cc4=O)cc31)CNCCC2. The van der Waals surface area contributed by atoms with Crippen LogP contribution in [0.4, 0.5) is 4.39 Å². The van der Waals surface area contributed by atoms with Crippen LogP contribution in [-0.4, -0.2) is 25.9 Å². The highest BCUT2D eigenvalue weighted by molar-refractivity contribution is 5.87. The van der Waals surface area contributed by atoms with Crippen molar-refractivity contribution in [2.75, 3.05) is 6.54 Å². The van der Waals surface area contributed by atoms with Crippen LogP contribution in [0.25, 0.3) is 27.0 Å². The van der Waals surface area contributed by atoms with Crippen LogP contribution in [0.15, 0.2) is 58.7 Å². The van der Waals surface area contributed by atoms with Gasteiger partial charge in [0.2, 0.25) is 0 Å². The number of hydrogen-bond donors (Lipinski definition) is 1. The average molecular weight is 460 g/mol. The molecule has 0 saturated heterocycles. The maximum Gasteiger partial charge on any atom is 0.275 e. The number of nitrogens with one attached hydrogen (secondary N) is 1. The first-order valence-electron chi connectivity index (χ1n) is 10.8. The molecule has 0 amide bonds. The Morgan fingerprint density at radius 2 is 2.15 bits per heavy atom. The fourth-order valence-corrected chi connectivity index (χ4v) is 4.24. The van der Waals surface area contributed by atoms with E-state index in [1.54, 1.807) is 0 Å². The summed E-state index contributed by atoms with van der Waals surface area (Å²) in [6, 6.07) is 9.87. The molecule has 4 heterocycles. The standard InChI is InChI=1S/C23H21FN8O2/c24-15-3-4-16(27-10-15)13-34-18-9-23(33)32(29-11-18)17-5-6-19-20-12-26-7-1-2-21(20)31(14-28-30-25)22(19)8-17/h3-6,8-11,26H,1-2,7,12-14H2. The maximum absolute atomic E-state index is 13.0. The molecule has 11 heteroatoms. The zero-order valence-electron chi connectivity index (χ0n) is 18.2. The third-order valence-corrected chi connectivity index (χ3v) is 5.80. The maximum atomic E-state index is 13.0. The predicted molar refractivity (Wildman–Crippen MR) is 123 cm³/mol. The van der Waals surface area contributed by atoms with Gasteiger partial charge in [-0.15, -0.1) is 0 Å². The summed E-state index contributed by atoms with van der Waals surface area (Å²) in [5.74, 6) is -0.138. The molecule has 0 unspecified atom stereocenters. The number of aromatic nitrogens is 4. The van der Waals surface area contributed by atoms with Gasteiger partial charge in [-0.25, -0.2) is 4.39 Å². The lowest BCUT2D eigenvalue weighted by atomic mass is 10.1. The lowest BCUT2D eigenvalue weighted by molar-refractivity contribution is 0.298. The van der Waals surface area contributed by atoms with Gasteiger partial charge in [-0.2, -0.15) is 9.78 Å². The first-order chi connectivity index (χ1) is 16.6. The summed E-state index contributed by atoms with van der Waals surface area (Å²) in [4.78, 5) is 19.7. The van der Waals surface area contributed by atoms with E-state index in [1.165, 1.54) is 34.6 Å². The summed E-state index contributed by atoms with van der Waals surface area (Å²) in [7, 11) is 0. The van der Waals surface area contributed by atoms with E-state index < -0.39 is 5.82 Å². The van der Waals surface area contributed by atoms with Crippen LogP contribution in [0.2, 0.25) is 0 Å². The van der Waals surface area contributed by atoms with Crippen molar-refractivity contribution in [1.29, 1.82) is 0 Å². The van der Waals surface area contributed by atoms with Crippen LogP contribution in [0.5, 0.6) is 5.75 Å². The number of azide groups is 1. The zero-order valence-corrected chi connectivity index (χ0v) is 18.2. The Kier molecular flexibility index (Phi) is 5.94. The molecule has 0 atom stereocenters. The lowest BCUT2D eigenvalue weighted by Gasteiger charge is -2.10. The monoisotopic (exact) mass is 460 g/mol. The van der Waals surface area contributed by atoms with Gasteiger partial charge >= 0.3 is 0 Å². The first-order valence-corrected chi connectivity index (χ1v) is 10.8. The number of rotatable bonds is 6. The molecule has 172 valence electrons. The zero-order chi connectivity index (χ0) is 23.5. The van der Waals surface area contributed by atoms with Crippen LogP contribution in [0.1, 0.15) is 23.4 Å². The smallest absolute Gasteiger partial charge is 0.275 e. The largest absolute Gasteiger partial charge is 0.485 e. The topological polar surface area (TPSA) is 123 Å². The third kappa shape index (κ3) is 4.21. The van der Waals surface area contributed by atoms with Crippen LogP contribution in [0, 0.1) is 5.82 Å². The van der Waals surface area contributed by atoms with Crippen LogP contribution >= 0.6 is 0 Å². The van der Waals surface area contributed by atoms with Gasteiger partial charge in [0.25, 0.3) is 5.56 Å².